The highest BCUT2D eigenvalue weighted by molar-refractivity contribution is 5.39. The number of fused-ring (bicyclic) bond motifs is 1. The predicted molar refractivity (Wildman–Crippen MR) is 83.5 cm³/mol. The third-order valence-electron chi connectivity index (χ3n) is 4.61. The zero-order chi connectivity index (χ0) is 15.0. The van der Waals surface area contributed by atoms with Crippen LogP contribution in [0.25, 0.3) is 0 Å². The molecule has 3 heteroatoms. The summed E-state index contributed by atoms with van der Waals surface area (Å²) < 4.78 is 0. The van der Waals surface area contributed by atoms with E-state index in [0.29, 0.717) is 6.04 Å². The zero-order valence-electron chi connectivity index (χ0n) is 12.5. The first-order chi connectivity index (χ1) is 10.1. The normalized spacial score (nSPS) is 18.7. The van der Waals surface area contributed by atoms with Gasteiger partial charge >= 0.3 is 0 Å². The molecule has 0 spiro atoms. The third-order valence-corrected chi connectivity index (χ3v) is 4.61. The summed E-state index contributed by atoms with van der Waals surface area (Å²) in [5, 5.41) is 19.3. The average Bonchev–Trinajstić information content (AvgIpc) is 2.88. The summed E-state index contributed by atoms with van der Waals surface area (Å²) in [5.74, 6) is 0.217. The summed E-state index contributed by atoms with van der Waals surface area (Å²) in [6.45, 7) is 2.11. The van der Waals surface area contributed by atoms with Gasteiger partial charge in [0.2, 0.25) is 0 Å². The standard InChI is InChI=1S/C18H21NO2/c1-12(14-9-15(20)11-16(21)10-14)19(2)18-8-7-13-5-3-4-6-17(13)18/h3-6,9-12,18,20-21H,7-8H2,1-2H3. The van der Waals surface area contributed by atoms with Crippen LogP contribution in [0, 0.1) is 0 Å². The van der Waals surface area contributed by atoms with Gasteiger partial charge < -0.3 is 10.2 Å². The van der Waals surface area contributed by atoms with Crippen LogP contribution in [-0.2, 0) is 6.42 Å². The van der Waals surface area contributed by atoms with Gasteiger partial charge in [-0.05, 0) is 55.6 Å². The van der Waals surface area contributed by atoms with Crippen LogP contribution < -0.4 is 0 Å². The van der Waals surface area contributed by atoms with Crippen LogP contribution in [0.15, 0.2) is 42.5 Å². The van der Waals surface area contributed by atoms with Crippen LogP contribution in [0.3, 0.4) is 0 Å². The van der Waals surface area contributed by atoms with Crippen molar-refractivity contribution in [3.05, 3.63) is 59.2 Å². The van der Waals surface area contributed by atoms with Crippen LogP contribution in [0.4, 0.5) is 0 Å². The van der Waals surface area contributed by atoms with Gasteiger partial charge in [0.15, 0.2) is 0 Å². The van der Waals surface area contributed by atoms with Crippen molar-refractivity contribution < 1.29 is 10.2 Å². The summed E-state index contributed by atoms with van der Waals surface area (Å²) in [5.41, 5.74) is 3.76. The van der Waals surface area contributed by atoms with E-state index >= 15 is 0 Å². The van der Waals surface area contributed by atoms with E-state index in [-0.39, 0.29) is 17.5 Å². The fourth-order valence-corrected chi connectivity index (χ4v) is 3.32. The number of rotatable bonds is 3. The summed E-state index contributed by atoms with van der Waals surface area (Å²) in [4.78, 5) is 2.32. The van der Waals surface area contributed by atoms with Crippen molar-refractivity contribution in [1.82, 2.24) is 4.90 Å². The maximum Gasteiger partial charge on any atom is 0.119 e. The lowest BCUT2D eigenvalue weighted by molar-refractivity contribution is 0.185. The molecule has 2 unspecified atom stereocenters. The van der Waals surface area contributed by atoms with Gasteiger partial charge in [-0.1, -0.05) is 24.3 Å². The summed E-state index contributed by atoms with van der Waals surface area (Å²) >= 11 is 0. The molecule has 0 radical (unpaired) electrons. The molecule has 0 aromatic heterocycles. The number of aryl methyl sites for hydroxylation is 1. The Balaban J connectivity index is 1.87. The fraction of sp³-hybridized carbons (Fsp3) is 0.333. The molecule has 1 aliphatic rings. The van der Waals surface area contributed by atoms with Crippen LogP contribution in [-0.4, -0.2) is 22.2 Å². The van der Waals surface area contributed by atoms with E-state index < -0.39 is 0 Å². The Hall–Kier alpha value is -2.00. The SMILES string of the molecule is CC(c1cc(O)cc(O)c1)N(C)C1CCc2ccccc21. The number of benzene rings is 2. The van der Waals surface area contributed by atoms with Gasteiger partial charge in [-0.25, -0.2) is 0 Å². The van der Waals surface area contributed by atoms with E-state index in [1.54, 1.807) is 12.1 Å². The van der Waals surface area contributed by atoms with Crippen LogP contribution in [0.2, 0.25) is 0 Å². The van der Waals surface area contributed by atoms with Crippen molar-refractivity contribution in [3.8, 4) is 11.5 Å². The topological polar surface area (TPSA) is 43.7 Å². The lowest BCUT2D eigenvalue weighted by Crippen LogP contribution is -2.26. The molecule has 0 bridgehead atoms. The molecule has 0 amide bonds. The van der Waals surface area contributed by atoms with E-state index in [9.17, 15) is 10.2 Å². The van der Waals surface area contributed by atoms with Crippen molar-refractivity contribution >= 4 is 0 Å². The molecule has 2 atom stereocenters. The Morgan fingerprint density at radius 1 is 1.10 bits per heavy atom. The van der Waals surface area contributed by atoms with Gasteiger partial charge in [-0.3, -0.25) is 4.90 Å². The Labute approximate surface area is 125 Å². The number of aromatic hydroxyl groups is 2. The molecule has 110 valence electrons. The third kappa shape index (κ3) is 2.61. The van der Waals surface area contributed by atoms with Gasteiger partial charge in [0.25, 0.3) is 0 Å². The molecule has 0 saturated heterocycles. The monoisotopic (exact) mass is 283 g/mol. The highest BCUT2D eigenvalue weighted by Gasteiger charge is 2.28. The predicted octanol–water partition coefficient (Wildman–Crippen LogP) is 3.78. The highest BCUT2D eigenvalue weighted by atomic mass is 16.3. The van der Waals surface area contributed by atoms with E-state index in [0.717, 1.165) is 18.4 Å². The lowest BCUT2D eigenvalue weighted by atomic mass is 10.0. The van der Waals surface area contributed by atoms with Crippen molar-refractivity contribution in [1.29, 1.82) is 0 Å². The lowest BCUT2D eigenvalue weighted by Gasteiger charge is -2.31. The van der Waals surface area contributed by atoms with Crippen molar-refractivity contribution in [2.45, 2.75) is 31.8 Å². The van der Waals surface area contributed by atoms with Crippen LogP contribution in [0.1, 0.15) is 42.1 Å². The first-order valence-electron chi connectivity index (χ1n) is 7.39. The van der Waals surface area contributed by atoms with Crippen molar-refractivity contribution in [3.63, 3.8) is 0 Å². The van der Waals surface area contributed by atoms with Crippen molar-refractivity contribution in [2.75, 3.05) is 7.05 Å². The second-order valence-electron chi connectivity index (χ2n) is 5.88. The molecule has 2 aromatic carbocycles. The molecule has 3 nitrogen and oxygen atoms in total. The maximum atomic E-state index is 9.67. The van der Waals surface area contributed by atoms with E-state index in [4.69, 9.17) is 0 Å². The highest BCUT2D eigenvalue weighted by Crippen LogP contribution is 2.39. The molecule has 0 fully saturated rings. The van der Waals surface area contributed by atoms with Gasteiger partial charge in [0, 0.05) is 18.2 Å². The minimum atomic E-state index is 0.108. The van der Waals surface area contributed by atoms with E-state index in [2.05, 4.69) is 43.1 Å². The number of nitrogens with zero attached hydrogens (tertiary/aromatic N) is 1. The Morgan fingerprint density at radius 3 is 2.48 bits per heavy atom. The molecule has 2 aromatic rings. The number of hydrogen-bond donors (Lipinski definition) is 2. The average molecular weight is 283 g/mol. The zero-order valence-corrected chi connectivity index (χ0v) is 12.5. The molecule has 2 N–H and O–H groups in total. The number of phenolic OH excluding ortho intramolecular Hbond substituents is 2. The van der Waals surface area contributed by atoms with Crippen LogP contribution >= 0.6 is 0 Å². The summed E-state index contributed by atoms with van der Waals surface area (Å²) in [7, 11) is 2.11. The quantitative estimate of drug-likeness (QED) is 0.901. The molecular weight excluding hydrogens is 262 g/mol. The minimum absolute atomic E-state index is 0.108. The smallest absolute Gasteiger partial charge is 0.119 e. The molecule has 1 aliphatic carbocycles. The number of hydrogen-bond acceptors (Lipinski definition) is 3. The second-order valence-corrected chi connectivity index (χ2v) is 5.88. The van der Waals surface area contributed by atoms with Crippen LogP contribution in [0.5, 0.6) is 11.5 Å². The Bertz CT molecular complexity index is 633. The molecule has 0 heterocycles. The molecule has 0 aliphatic heterocycles. The maximum absolute atomic E-state index is 9.67. The Morgan fingerprint density at radius 2 is 1.76 bits per heavy atom. The minimum Gasteiger partial charge on any atom is -0.508 e. The molecule has 0 saturated carbocycles. The van der Waals surface area contributed by atoms with Gasteiger partial charge in [-0.15, -0.1) is 0 Å². The second kappa shape index (κ2) is 5.41. The summed E-state index contributed by atoms with van der Waals surface area (Å²) in [6.07, 6.45) is 2.23. The molecule has 3 rings (SSSR count). The van der Waals surface area contributed by atoms with E-state index in [1.165, 1.54) is 17.2 Å². The van der Waals surface area contributed by atoms with Gasteiger partial charge in [0.1, 0.15) is 11.5 Å². The largest absolute Gasteiger partial charge is 0.508 e. The number of phenols is 2. The fourth-order valence-electron chi connectivity index (χ4n) is 3.32. The first-order valence-corrected chi connectivity index (χ1v) is 7.39. The molecule has 21 heavy (non-hydrogen) atoms. The molecular formula is C18H21NO2. The van der Waals surface area contributed by atoms with Gasteiger partial charge in [0.05, 0.1) is 0 Å². The Kier molecular flexibility index (Phi) is 3.60. The van der Waals surface area contributed by atoms with Gasteiger partial charge in [-0.2, -0.15) is 0 Å². The first kappa shape index (κ1) is 14.0. The van der Waals surface area contributed by atoms with Crippen molar-refractivity contribution in [2.24, 2.45) is 0 Å². The van der Waals surface area contributed by atoms with E-state index in [1.807, 2.05) is 0 Å². The summed E-state index contributed by atoms with van der Waals surface area (Å²) in [6, 6.07) is 13.9.